The fourth-order valence-electron chi connectivity index (χ4n) is 5.16. The van der Waals surface area contributed by atoms with Gasteiger partial charge in [0.05, 0.1) is 12.7 Å². The van der Waals surface area contributed by atoms with Crippen LogP contribution in [0, 0.1) is 5.41 Å². The molecule has 1 N–H and O–H groups in total. The summed E-state index contributed by atoms with van der Waals surface area (Å²) in [4.78, 5) is 41.1. The van der Waals surface area contributed by atoms with Gasteiger partial charge in [0.2, 0.25) is 5.54 Å². The van der Waals surface area contributed by atoms with E-state index in [1.165, 1.54) is 25.3 Å². The van der Waals surface area contributed by atoms with Crippen LogP contribution in [0.25, 0.3) is 0 Å². The first-order chi connectivity index (χ1) is 17.4. The summed E-state index contributed by atoms with van der Waals surface area (Å²) in [5, 5.41) is 1.96. The molecule has 0 unspecified atom stereocenters. The molecule has 2 amide bonds. The number of halogens is 3. The molecule has 2 aliphatic rings. The number of ketones is 1. The van der Waals surface area contributed by atoms with E-state index in [1.54, 1.807) is 19.9 Å². The van der Waals surface area contributed by atoms with Crippen molar-refractivity contribution in [3.63, 3.8) is 0 Å². The second-order valence-electron chi connectivity index (χ2n) is 10.2. The van der Waals surface area contributed by atoms with E-state index in [0.717, 1.165) is 10.5 Å². The minimum absolute atomic E-state index is 0.0111. The van der Waals surface area contributed by atoms with E-state index in [9.17, 15) is 27.6 Å². The van der Waals surface area contributed by atoms with Crippen LogP contribution in [0.1, 0.15) is 49.0 Å². The highest BCUT2D eigenvalue weighted by atomic mass is 19.4. The molecule has 6 nitrogen and oxygen atoms in total. The second kappa shape index (κ2) is 9.68. The highest BCUT2D eigenvalue weighted by molar-refractivity contribution is 6.14. The number of carbonyl (C=O) groups excluding carboxylic acids is 3. The summed E-state index contributed by atoms with van der Waals surface area (Å²) in [5.41, 5.74) is -3.85. The number of alkyl halides is 3. The summed E-state index contributed by atoms with van der Waals surface area (Å²) < 4.78 is 49.8. The van der Waals surface area contributed by atoms with Crippen molar-refractivity contribution in [3.8, 4) is 5.75 Å². The van der Waals surface area contributed by atoms with Gasteiger partial charge in [0.1, 0.15) is 5.75 Å². The zero-order valence-electron chi connectivity index (χ0n) is 20.9. The monoisotopic (exact) mass is 514 g/mol. The van der Waals surface area contributed by atoms with E-state index in [-0.39, 0.29) is 36.4 Å². The van der Waals surface area contributed by atoms with Crippen LogP contribution in [0.15, 0.2) is 65.9 Å². The van der Waals surface area contributed by atoms with Gasteiger partial charge in [-0.05, 0) is 48.4 Å². The van der Waals surface area contributed by atoms with Crippen molar-refractivity contribution >= 4 is 17.6 Å². The summed E-state index contributed by atoms with van der Waals surface area (Å²) >= 11 is 0. The number of carbonyl (C=O) groups is 3. The van der Waals surface area contributed by atoms with E-state index in [1.807, 2.05) is 35.6 Å². The summed E-state index contributed by atoms with van der Waals surface area (Å²) in [5.74, 6) is -2.99. The number of Topliss-reactive ketones (excluding diaryl/α,β-unsaturated/α-hetero) is 1. The van der Waals surface area contributed by atoms with Gasteiger partial charge in [-0.1, -0.05) is 50.2 Å². The third-order valence-electron chi connectivity index (χ3n) is 6.87. The van der Waals surface area contributed by atoms with Crippen molar-refractivity contribution in [1.82, 2.24) is 10.2 Å². The molecule has 0 fully saturated rings. The van der Waals surface area contributed by atoms with Crippen molar-refractivity contribution in [3.05, 3.63) is 77.0 Å². The van der Waals surface area contributed by atoms with Crippen molar-refractivity contribution in [1.29, 1.82) is 0 Å². The van der Waals surface area contributed by atoms with Crippen molar-refractivity contribution in [2.75, 3.05) is 13.7 Å². The number of hydrogen-bond acceptors (Lipinski definition) is 4. The largest absolute Gasteiger partial charge is 0.497 e. The van der Waals surface area contributed by atoms with Crippen LogP contribution in [0.4, 0.5) is 13.2 Å². The number of rotatable bonds is 7. The van der Waals surface area contributed by atoms with Crippen LogP contribution in [-0.4, -0.2) is 47.9 Å². The number of ether oxygens (including phenoxy) is 1. The fraction of sp³-hybridized carbons (Fsp3) is 0.393. The topological polar surface area (TPSA) is 75.7 Å². The van der Waals surface area contributed by atoms with Gasteiger partial charge in [0.25, 0.3) is 11.8 Å². The number of aryl methyl sites for hydroxylation is 1. The molecular weight excluding hydrogens is 485 g/mol. The van der Waals surface area contributed by atoms with E-state index in [4.69, 9.17) is 4.74 Å². The van der Waals surface area contributed by atoms with Gasteiger partial charge < -0.3 is 15.0 Å². The predicted octanol–water partition coefficient (Wildman–Crippen LogP) is 4.84. The van der Waals surface area contributed by atoms with Crippen LogP contribution in [0.3, 0.4) is 0 Å². The Labute approximate surface area is 213 Å². The zero-order valence-corrected chi connectivity index (χ0v) is 20.9. The number of hydrogen-bond donors (Lipinski definition) is 1. The first-order valence-corrected chi connectivity index (χ1v) is 12.1. The standard InChI is InChI=1S/C28H29F3N2O4/c1-26(2)16-21-23(22(34)17-26)27(28(29,30)31,32-24(35)19-12-7-13-20(15-19)37-3)25(36)33(21)14-8-11-18-9-5-4-6-10-18/h4-7,9-10,12-13,15H,8,11,14,16-17H2,1-3H3,(H,32,35)/t27-/m0/s1. The summed E-state index contributed by atoms with van der Waals surface area (Å²) in [7, 11) is 1.36. The van der Waals surface area contributed by atoms with E-state index < -0.39 is 40.3 Å². The lowest BCUT2D eigenvalue weighted by atomic mass is 9.72. The number of nitrogens with zero attached hydrogens (tertiary/aromatic N) is 1. The third kappa shape index (κ3) is 4.86. The Hall–Kier alpha value is -3.62. The Bertz CT molecular complexity index is 1250. The molecule has 1 aliphatic carbocycles. The average molecular weight is 515 g/mol. The molecule has 9 heteroatoms. The normalized spacial score (nSPS) is 21.2. The molecule has 0 saturated carbocycles. The SMILES string of the molecule is COc1cccc(C(=O)N[C@]2(C(F)(F)F)C(=O)N(CCCc3ccccc3)C3=C2C(=O)CC(C)(C)C3)c1. The lowest BCUT2D eigenvalue weighted by Gasteiger charge is -2.35. The van der Waals surface area contributed by atoms with E-state index in [0.29, 0.717) is 12.8 Å². The Kier molecular flexibility index (Phi) is 6.92. The van der Waals surface area contributed by atoms with Gasteiger partial charge in [-0.3, -0.25) is 14.4 Å². The molecule has 0 radical (unpaired) electrons. The molecule has 37 heavy (non-hydrogen) atoms. The molecule has 1 heterocycles. The molecule has 0 aromatic heterocycles. The maximum atomic E-state index is 14.9. The van der Waals surface area contributed by atoms with Crippen LogP contribution in [0.5, 0.6) is 5.75 Å². The molecule has 4 rings (SSSR count). The number of methoxy groups -OCH3 is 1. The van der Waals surface area contributed by atoms with Gasteiger partial charge in [-0.2, -0.15) is 13.2 Å². The predicted molar refractivity (Wildman–Crippen MR) is 131 cm³/mol. The maximum Gasteiger partial charge on any atom is 0.425 e. The van der Waals surface area contributed by atoms with Gasteiger partial charge in [0.15, 0.2) is 5.78 Å². The van der Waals surface area contributed by atoms with Crippen molar-refractivity contribution in [2.45, 2.75) is 51.2 Å². The Morgan fingerprint density at radius 2 is 1.76 bits per heavy atom. The highest BCUT2D eigenvalue weighted by Crippen LogP contribution is 2.51. The maximum absolute atomic E-state index is 14.9. The quantitative estimate of drug-likeness (QED) is 0.574. The lowest BCUT2D eigenvalue weighted by Crippen LogP contribution is -2.66. The number of benzene rings is 2. The van der Waals surface area contributed by atoms with Crippen molar-refractivity contribution in [2.24, 2.45) is 5.41 Å². The third-order valence-corrected chi connectivity index (χ3v) is 6.87. The minimum Gasteiger partial charge on any atom is -0.497 e. The number of amides is 2. The number of allylic oxidation sites excluding steroid dienone is 1. The Balaban J connectivity index is 1.75. The van der Waals surface area contributed by atoms with Crippen LogP contribution in [0.2, 0.25) is 0 Å². The lowest BCUT2D eigenvalue weighted by molar-refractivity contribution is -0.190. The summed E-state index contributed by atoms with van der Waals surface area (Å²) in [6.07, 6.45) is -4.37. The van der Waals surface area contributed by atoms with Gasteiger partial charge in [-0.25, -0.2) is 0 Å². The smallest absolute Gasteiger partial charge is 0.425 e. The molecule has 2 aromatic rings. The van der Waals surface area contributed by atoms with Gasteiger partial charge >= 0.3 is 6.18 Å². The fourth-order valence-corrected chi connectivity index (χ4v) is 5.16. The van der Waals surface area contributed by atoms with Gasteiger partial charge in [0, 0.05) is 24.2 Å². The molecule has 0 saturated heterocycles. The van der Waals surface area contributed by atoms with Crippen molar-refractivity contribution < 1.29 is 32.3 Å². The highest BCUT2D eigenvalue weighted by Gasteiger charge is 2.71. The molecular formula is C28H29F3N2O4. The number of nitrogens with one attached hydrogen (secondary N) is 1. The van der Waals surface area contributed by atoms with Crippen LogP contribution < -0.4 is 10.1 Å². The summed E-state index contributed by atoms with van der Waals surface area (Å²) in [6.45, 7) is 3.55. The molecule has 0 spiro atoms. The van der Waals surface area contributed by atoms with Gasteiger partial charge in [-0.15, -0.1) is 0 Å². The Morgan fingerprint density at radius 1 is 1.05 bits per heavy atom. The first-order valence-electron chi connectivity index (χ1n) is 12.1. The molecule has 0 bridgehead atoms. The van der Waals surface area contributed by atoms with E-state index >= 15 is 0 Å². The molecule has 2 aromatic carbocycles. The zero-order chi connectivity index (χ0) is 27.0. The molecule has 196 valence electrons. The second-order valence-corrected chi connectivity index (χ2v) is 10.2. The summed E-state index contributed by atoms with van der Waals surface area (Å²) in [6, 6.07) is 15.0. The first kappa shape index (κ1) is 26.4. The minimum atomic E-state index is -5.25. The van der Waals surface area contributed by atoms with E-state index in [2.05, 4.69) is 0 Å². The average Bonchev–Trinajstić information content (AvgIpc) is 3.07. The Morgan fingerprint density at radius 3 is 2.41 bits per heavy atom. The van der Waals surface area contributed by atoms with Crippen LogP contribution in [-0.2, 0) is 16.0 Å². The molecule has 1 aliphatic heterocycles. The molecule has 1 atom stereocenters. The van der Waals surface area contributed by atoms with Crippen LogP contribution >= 0.6 is 0 Å².